The minimum Gasteiger partial charge on any atom is -0.489 e. The predicted molar refractivity (Wildman–Crippen MR) is 256 cm³/mol. The molecule has 3 aliphatic heterocycles. The Bertz CT molecular complexity index is 2980. The van der Waals surface area contributed by atoms with Gasteiger partial charge in [-0.15, -0.1) is 10.2 Å². The Morgan fingerprint density at radius 2 is 1.14 bits per heavy atom. The molecule has 0 radical (unpaired) electrons. The third kappa shape index (κ3) is 10.9. The minimum atomic E-state index is -0.974. The van der Waals surface area contributed by atoms with E-state index >= 15 is 0 Å². The fourth-order valence-corrected chi connectivity index (χ4v) is 8.14. The average molecular weight is 927 g/mol. The van der Waals surface area contributed by atoms with Crippen molar-refractivity contribution in [2.24, 2.45) is 0 Å². The molecule has 69 heavy (non-hydrogen) atoms. The highest BCUT2D eigenvalue weighted by Crippen LogP contribution is 2.34. The van der Waals surface area contributed by atoms with Gasteiger partial charge in [0.2, 0.25) is 11.6 Å². The third-order valence-electron chi connectivity index (χ3n) is 12.0. The van der Waals surface area contributed by atoms with Crippen LogP contribution in [0.5, 0.6) is 11.5 Å². The number of piperazine rings is 1. The lowest BCUT2D eigenvalue weighted by Crippen LogP contribution is -2.53. The molecule has 350 valence electrons. The molecule has 0 saturated carbocycles. The number of amides is 4. The van der Waals surface area contributed by atoms with Crippen molar-refractivity contribution in [1.29, 1.82) is 0 Å². The summed E-state index contributed by atoms with van der Waals surface area (Å²) in [6.07, 6.45) is 2.31. The Hall–Kier alpha value is -8.32. The quantitative estimate of drug-likeness (QED) is 0.192. The number of fused-ring (bicyclic) bond motifs is 2. The Kier molecular flexibility index (Phi) is 13.7. The Morgan fingerprint density at radius 1 is 0.652 bits per heavy atom. The highest BCUT2D eigenvalue weighted by molar-refractivity contribution is 6.03. The topological polar surface area (TPSA) is 185 Å². The van der Waals surface area contributed by atoms with Crippen LogP contribution < -0.4 is 29.9 Å². The van der Waals surface area contributed by atoms with Gasteiger partial charge in [0.15, 0.2) is 0 Å². The van der Waals surface area contributed by atoms with Crippen LogP contribution in [0.25, 0.3) is 0 Å². The zero-order valence-corrected chi connectivity index (χ0v) is 38.4. The van der Waals surface area contributed by atoms with Crippen LogP contribution in [0.3, 0.4) is 0 Å². The molecule has 4 amide bonds. The first-order chi connectivity index (χ1) is 33.5. The van der Waals surface area contributed by atoms with Gasteiger partial charge in [0.05, 0.1) is 37.6 Å². The van der Waals surface area contributed by atoms with Crippen LogP contribution in [0, 0.1) is 23.7 Å². The maximum Gasteiger partial charge on any atom is 0.291 e. The number of benzene rings is 4. The predicted octanol–water partition coefficient (Wildman–Crippen LogP) is 2.68. The number of carbonyl (C=O) groups is 4. The van der Waals surface area contributed by atoms with Gasteiger partial charge in [-0.1, -0.05) is 84.3 Å². The van der Waals surface area contributed by atoms with Crippen LogP contribution in [0.15, 0.2) is 110 Å². The van der Waals surface area contributed by atoms with E-state index in [0.29, 0.717) is 49.1 Å². The van der Waals surface area contributed by atoms with Crippen LogP contribution >= 0.6 is 0 Å². The summed E-state index contributed by atoms with van der Waals surface area (Å²) in [5.41, 5.74) is 4.62. The molecule has 1 saturated heterocycles. The van der Waals surface area contributed by atoms with Gasteiger partial charge < -0.3 is 29.9 Å². The molecule has 3 aliphatic rings. The molecule has 6 aromatic rings. The summed E-state index contributed by atoms with van der Waals surface area (Å²) in [5.74, 6) is 12.2. The monoisotopic (exact) mass is 926 g/mol. The molecule has 1 fully saturated rings. The maximum atomic E-state index is 13.7. The van der Waals surface area contributed by atoms with Crippen molar-refractivity contribution in [1.82, 2.24) is 50.0 Å². The number of likely N-dealkylation sites (N-methyl/N-ethyl adjacent to an activating group) is 2. The molecule has 2 N–H and O–H groups in total. The van der Waals surface area contributed by atoms with Crippen LogP contribution in [-0.2, 0) is 22.7 Å². The molecule has 2 aromatic heterocycles. The van der Waals surface area contributed by atoms with Crippen molar-refractivity contribution in [3.63, 3.8) is 0 Å². The number of carbonyl (C=O) groups excluding carboxylic acids is 4. The van der Waals surface area contributed by atoms with E-state index in [4.69, 9.17) is 9.47 Å². The summed E-state index contributed by atoms with van der Waals surface area (Å²) in [5, 5.41) is 14.1. The van der Waals surface area contributed by atoms with E-state index in [9.17, 15) is 19.2 Å². The number of ether oxygens (including phenoxy) is 2. The number of hydrogen-bond donors (Lipinski definition) is 2. The van der Waals surface area contributed by atoms with Gasteiger partial charge in [-0.25, -0.2) is 19.3 Å². The smallest absolute Gasteiger partial charge is 0.291 e. The van der Waals surface area contributed by atoms with Gasteiger partial charge in [0.1, 0.15) is 48.9 Å². The molecular formula is C51H50N12O6. The summed E-state index contributed by atoms with van der Waals surface area (Å²) in [7, 11) is 3.31. The zero-order chi connectivity index (χ0) is 47.9. The van der Waals surface area contributed by atoms with E-state index in [0.717, 1.165) is 48.4 Å². The second-order valence-electron chi connectivity index (χ2n) is 16.9. The van der Waals surface area contributed by atoms with Crippen LogP contribution in [0.4, 0.5) is 11.4 Å². The molecular weight excluding hydrogens is 877 g/mol. The van der Waals surface area contributed by atoms with Crippen molar-refractivity contribution in [2.75, 3.05) is 69.8 Å². The Balaban J connectivity index is 0.731. The highest BCUT2D eigenvalue weighted by atomic mass is 16.5. The average Bonchev–Trinajstić information content (AvgIpc) is 4.01. The molecule has 18 heteroatoms. The molecule has 0 unspecified atom stereocenters. The molecule has 9 rings (SSSR count). The summed E-state index contributed by atoms with van der Waals surface area (Å²) in [6.45, 7) is 7.07. The van der Waals surface area contributed by atoms with Gasteiger partial charge in [0, 0.05) is 51.4 Å². The number of nitrogens with one attached hydrogen (secondary N) is 2. The van der Waals surface area contributed by atoms with E-state index in [1.54, 1.807) is 42.5 Å². The molecule has 0 bridgehead atoms. The van der Waals surface area contributed by atoms with Crippen molar-refractivity contribution >= 4 is 35.0 Å². The fourth-order valence-electron chi connectivity index (χ4n) is 8.14. The first kappa shape index (κ1) is 45.8. The van der Waals surface area contributed by atoms with Crippen molar-refractivity contribution in [2.45, 2.75) is 38.2 Å². The van der Waals surface area contributed by atoms with Crippen molar-refractivity contribution in [3.05, 3.63) is 144 Å². The number of rotatable bonds is 10. The lowest BCUT2D eigenvalue weighted by molar-refractivity contribution is -0.121. The van der Waals surface area contributed by atoms with E-state index in [2.05, 4.69) is 64.3 Å². The van der Waals surface area contributed by atoms with E-state index in [1.165, 1.54) is 22.5 Å². The maximum absolute atomic E-state index is 13.7. The van der Waals surface area contributed by atoms with Crippen LogP contribution in [0.1, 0.15) is 50.4 Å². The van der Waals surface area contributed by atoms with E-state index < -0.39 is 30.0 Å². The minimum absolute atomic E-state index is 0.0346. The SMILES string of the molecule is C[C@H]1Oc2ccc(C#CCN3CCN(CC#Cc4ccc5c(c4)N(C)C(=O)[C@@H](NC(=O)c4ncn(Cc6ccccc6)n4)CO5)CC3)cc2N(C)C(=O)[C@H]1NC(=O)c1ncn(Cc2ccccc2)n1. The van der Waals surface area contributed by atoms with Crippen LogP contribution in [0.2, 0.25) is 0 Å². The zero-order valence-electron chi connectivity index (χ0n) is 38.4. The molecule has 0 aliphatic carbocycles. The molecule has 18 nitrogen and oxygen atoms in total. The fraction of sp³-hybridized carbons (Fsp3) is 0.294. The van der Waals surface area contributed by atoms with Gasteiger partial charge in [-0.3, -0.25) is 29.0 Å². The largest absolute Gasteiger partial charge is 0.489 e. The van der Waals surface area contributed by atoms with Crippen molar-refractivity contribution < 1.29 is 28.7 Å². The number of anilines is 2. The summed E-state index contributed by atoms with van der Waals surface area (Å²) < 4.78 is 15.3. The molecule has 5 heterocycles. The van der Waals surface area contributed by atoms with E-state index in [1.807, 2.05) is 84.9 Å². The first-order valence-corrected chi connectivity index (χ1v) is 22.6. The summed E-state index contributed by atoms with van der Waals surface area (Å²) in [4.78, 5) is 69.4. The standard InChI is InChI=1S/C51H50N12O6/c1-35-45(55-49(65)47-53-34-63(57-47)31-39-14-8-5-9-15-39)51(67)59(3)42-29-37(19-21-44(42)69-35)17-11-23-61-26-24-60(25-27-61)22-10-16-36-18-20-43-41(28-36)58(2)50(66)40(32-68-43)54-48(64)46-52-33-62(56-46)30-38-12-6-4-7-13-38/h4-9,12-15,18-21,28-29,33-35,40,45H,22-27,30-32H2,1-3H3,(H,54,64)(H,55,65)/t35-,40+,45+/m1/s1. The van der Waals surface area contributed by atoms with Gasteiger partial charge in [-0.2, -0.15) is 0 Å². The Labute approximate surface area is 399 Å². The normalized spacial score (nSPS) is 18.2. The second kappa shape index (κ2) is 20.7. The first-order valence-electron chi connectivity index (χ1n) is 22.6. The lowest BCUT2D eigenvalue weighted by atomic mass is 10.1. The summed E-state index contributed by atoms with van der Waals surface area (Å²) >= 11 is 0. The highest BCUT2D eigenvalue weighted by Gasteiger charge is 2.37. The van der Waals surface area contributed by atoms with Gasteiger partial charge in [0.25, 0.3) is 23.6 Å². The third-order valence-corrected chi connectivity index (χ3v) is 12.0. The van der Waals surface area contributed by atoms with Crippen molar-refractivity contribution in [3.8, 4) is 35.2 Å². The van der Waals surface area contributed by atoms with Gasteiger partial charge >= 0.3 is 0 Å². The molecule has 0 spiro atoms. The Morgan fingerprint density at radius 3 is 1.70 bits per heavy atom. The summed E-state index contributed by atoms with van der Waals surface area (Å²) in [6, 6.07) is 28.5. The number of aromatic nitrogens is 6. The molecule has 3 atom stereocenters. The second-order valence-corrected chi connectivity index (χ2v) is 16.9. The lowest BCUT2D eigenvalue weighted by Gasteiger charge is -2.32. The number of nitrogens with zero attached hydrogens (tertiary/aromatic N) is 10. The van der Waals surface area contributed by atoms with Gasteiger partial charge in [-0.05, 0) is 54.4 Å². The van der Waals surface area contributed by atoms with Crippen LogP contribution in [-0.4, -0.2) is 141 Å². The van der Waals surface area contributed by atoms with E-state index in [-0.39, 0.29) is 30.1 Å². The number of hydrogen-bond acceptors (Lipinski definition) is 12. The molecule has 4 aromatic carbocycles.